The van der Waals surface area contributed by atoms with Crippen LogP contribution in [0.25, 0.3) is 0 Å². The summed E-state index contributed by atoms with van der Waals surface area (Å²) in [4.78, 5) is 71.3. The summed E-state index contributed by atoms with van der Waals surface area (Å²) in [5.41, 5.74) is 0. The smallest absolute Gasteiger partial charge is 0.338 e. The number of carbonyl (C=O) groups excluding carboxylic acids is 6. The number of hydrogen-bond acceptors (Lipinski definition) is 10. The Morgan fingerprint density at radius 1 is 0.929 bits per heavy atom. The van der Waals surface area contributed by atoms with Crippen molar-refractivity contribution >= 4 is 37.1 Å². The number of amides is 2. The molecular formula is C17H31N3O8. The maximum absolute atomic E-state index is 10.9. The van der Waals surface area contributed by atoms with Gasteiger partial charge in [-0.1, -0.05) is 6.92 Å². The third-order valence-electron chi connectivity index (χ3n) is 2.47. The average molecular weight is 405 g/mol. The zero-order chi connectivity index (χ0) is 22.4. The van der Waals surface area contributed by atoms with Crippen LogP contribution in [0.5, 0.6) is 0 Å². The first-order valence-electron chi connectivity index (χ1n) is 8.42. The van der Waals surface area contributed by atoms with Gasteiger partial charge in [-0.25, -0.2) is 4.79 Å². The maximum Gasteiger partial charge on any atom is 0.338 e. The van der Waals surface area contributed by atoms with E-state index in [0.717, 1.165) is 18.9 Å². The van der Waals surface area contributed by atoms with Gasteiger partial charge < -0.3 is 19.2 Å². The van der Waals surface area contributed by atoms with Gasteiger partial charge in [-0.15, -0.1) is 5.06 Å². The van der Waals surface area contributed by atoms with Crippen LogP contribution in [-0.4, -0.2) is 93.5 Å². The number of aldehydes is 3. The van der Waals surface area contributed by atoms with Crippen LogP contribution in [0.2, 0.25) is 0 Å². The fourth-order valence-corrected chi connectivity index (χ4v) is 1.31. The first kappa shape index (κ1) is 30.2. The summed E-state index contributed by atoms with van der Waals surface area (Å²) < 4.78 is 0. The predicted molar refractivity (Wildman–Crippen MR) is 99.5 cm³/mol. The minimum absolute atomic E-state index is 0.122. The molecule has 0 spiro atoms. The van der Waals surface area contributed by atoms with Crippen LogP contribution >= 0.6 is 0 Å². The Labute approximate surface area is 165 Å². The Balaban J connectivity index is -0.000000354. The van der Waals surface area contributed by atoms with Gasteiger partial charge in [0.1, 0.15) is 18.9 Å². The Morgan fingerprint density at radius 3 is 1.79 bits per heavy atom. The van der Waals surface area contributed by atoms with Crippen LogP contribution in [0.4, 0.5) is 0 Å². The maximum atomic E-state index is 10.9. The molecule has 2 amide bonds. The second-order valence-corrected chi connectivity index (χ2v) is 5.31. The highest BCUT2D eigenvalue weighted by Gasteiger charge is 2.09. The van der Waals surface area contributed by atoms with Crippen LogP contribution in [0.1, 0.15) is 32.6 Å². The number of imide groups is 1. The number of rotatable bonds is 12. The van der Waals surface area contributed by atoms with Gasteiger partial charge in [-0.05, 0) is 13.5 Å². The van der Waals surface area contributed by atoms with Crippen molar-refractivity contribution in [3.63, 3.8) is 0 Å². The van der Waals surface area contributed by atoms with E-state index < -0.39 is 0 Å². The molecule has 0 aromatic carbocycles. The number of likely N-dealkylation sites (N-methyl/N-ethyl adjacent to an activating group) is 1. The van der Waals surface area contributed by atoms with Crippen LogP contribution in [-0.2, 0) is 38.4 Å². The third-order valence-corrected chi connectivity index (χ3v) is 2.47. The fourth-order valence-electron chi connectivity index (χ4n) is 1.31. The van der Waals surface area contributed by atoms with Crippen molar-refractivity contribution in [2.24, 2.45) is 0 Å². The van der Waals surface area contributed by atoms with Crippen molar-refractivity contribution in [3.8, 4) is 0 Å². The van der Waals surface area contributed by atoms with Gasteiger partial charge in [0.2, 0.25) is 6.41 Å². The molecule has 0 aliphatic carbocycles. The summed E-state index contributed by atoms with van der Waals surface area (Å²) >= 11 is 0. The molecule has 0 heterocycles. The lowest BCUT2D eigenvalue weighted by atomic mass is 10.3. The van der Waals surface area contributed by atoms with E-state index in [-0.39, 0.29) is 25.0 Å². The molecule has 0 aromatic heterocycles. The summed E-state index contributed by atoms with van der Waals surface area (Å²) in [5, 5.41) is 2.00. The Bertz CT molecular complexity index is 450. The van der Waals surface area contributed by atoms with Crippen LogP contribution in [0, 0.1) is 0 Å². The van der Waals surface area contributed by atoms with Gasteiger partial charge in [-0.2, -0.15) is 5.06 Å². The monoisotopic (exact) mass is 405 g/mol. The Hall–Kier alpha value is -2.50. The van der Waals surface area contributed by atoms with Crippen molar-refractivity contribution < 1.29 is 38.4 Å². The molecular weight excluding hydrogens is 374 g/mol. The van der Waals surface area contributed by atoms with Crippen molar-refractivity contribution in [3.05, 3.63) is 0 Å². The SMILES string of the molecule is CCCC(=O)N(C=O)OC.CN(CC=O)CC(=O)ON(C)C.O=CCCC=O. The molecule has 0 saturated heterocycles. The molecule has 0 bridgehead atoms. The molecule has 11 heteroatoms. The van der Waals surface area contributed by atoms with Crippen LogP contribution in [0.15, 0.2) is 0 Å². The number of unbranched alkanes of at least 4 members (excludes halogenated alkanes) is 1. The van der Waals surface area contributed by atoms with Crippen molar-refractivity contribution in [1.29, 1.82) is 0 Å². The molecule has 0 aliphatic heterocycles. The highest BCUT2D eigenvalue weighted by molar-refractivity contribution is 5.84. The standard InChI is InChI=1S/C7H14N2O3.C6H11NO3.C4H6O2/c1-8(2)12-7(11)6-9(3)4-5-10;1-3-4-6(9)7(5-8)10-2;5-3-1-2-4-6/h5H,4,6H2,1-3H3;5H,3-4H2,1-2H3;3-4H,1-2H2. The van der Waals surface area contributed by atoms with E-state index >= 15 is 0 Å². The van der Waals surface area contributed by atoms with E-state index in [0.29, 0.717) is 37.2 Å². The van der Waals surface area contributed by atoms with E-state index in [1.165, 1.54) is 12.2 Å². The second kappa shape index (κ2) is 22.5. The molecule has 0 unspecified atom stereocenters. The first-order chi connectivity index (χ1) is 13.2. The molecule has 0 fully saturated rings. The quantitative estimate of drug-likeness (QED) is 0.241. The van der Waals surface area contributed by atoms with Gasteiger partial charge >= 0.3 is 5.97 Å². The highest BCUT2D eigenvalue weighted by Crippen LogP contribution is 1.93. The van der Waals surface area contributed by atoms with Crippen molar-refractivity contribution in [1.82, 2.24) is 15.0 Å². The summed E-state index contributed by atoms with van der Waals surface area (Å²) in [5.74, 6) is -0.677. The normalized spacial score (nSPS) is 9.25. The van der Waals surface area contributed by atoms with E-state index in [2.05, 4.69) is 4.84 Å². The average Bonchev–Trinajstić information content (AvgIpc) is 2.61. The summed E-state index contributed by atoms with van der Waals surface area (Å²) in [6.07, 6.45) is 4.34. The van der Waals surface area contributed by atoms with E-state index in [4.69, 9.17) is 4.84 Å². The summed E-state index contributed by atoms with van der Waals surface area (Å²) in [6.45, 7) is 2.22. The van der Waals surface area contributed by atoms with Crippen molar-refractivity contribution in [2.45, 2.75) is 32.6 Å². The molecule has 0 aliphatic rings. The lowest BCUT2D eigenvalue weighted by Gasteiger charge is -2.14. The molecule has 11 nitrogen and oxygen atoms in total. The molecule has 0 aromatic rings. The van der Waals surface area contributed by atoms with E-state index in [9.17, 15) is 28.8 Å². The predicted octanol–water partition coefficient (Wildman–Crippen LogP) is -0.366. The first-order valence-corrected chi connectivity index (χ1v) is 8.42. The lowest BCUT2D eigenvalue weighted by molar-refractivity contribution is -0.179. The summed E-state index contributed by atoms with van der Waals surface area (Å²) in [7, 11) is 6.20. The summed E-state index contributed by atoms with van der Waals surface area (Å²) in [6, 6.07) is 0. The third kappa shape index (κ3) is 23.5. The number of nitrogens with zero attached hydrogens (tertiary/aromatic N) is 3. The lowest BCUT2D eigenvalue weighted by Crippen LogP contribution is -2.31. The van der Waals surface area contributed by atoms with E-state index in [1.54, 1.807) is 26.0 Å². The molecule has 0 rings (SSSR count). The zero-order valence-electron chi connectivity index (χ0n) is 17.2. The van der Waals surface area contributed by atoms with Gasteiger partial charge in [0, 0.05) is 33.4 Å². The topological polar surface area (TPSA) is 131 Å². The van der Waals surface area contributed by atoms with Crippen LogP contribution < -0.4 is 0 Å². The van der Waals surface area contributed by atoms with Gasteiger partial charge in [0.05, 0.1) is 20.2 Å². The van der Waals surface area contributed by atoms with Crippen LogP contribution in [0.3, 0.4) is 0 Å². The molecule has 28 heavy (non-hydrogen) atoms. The molecule has 162 valence electrons. The number of carbonyl (C=O) groups is 6. The molecule has 0 atom stereocenters. The highest BCUT2D eigenvalue weighted by atomic mass is 16.7. The second-order valence-electron chi connectivity index (χ2n) is 5.31. The van der Waals surface area contributed by atoms with E-state index in [1.807, 2.05) is 6.92 Å². The fraction of sp³-hybridized carbons (Fsp3) is 0.647. The van der Waals surface area contributed by atoms with Gasteiger partial charge in [-0.3, -0.25) is 19.3 Å². The largest absolute Gasteiger partial charge is 0.367 e. The molecule has 0 N–H and O–H groups in total. The van der Waals surface area contributed by atoms with Gasteiger partial charge in [0.25, 0.3) is 5.91 Å². The van der Waals surface area contributed by atoms with Crippen molar-refractivity contribution in [2.75, 3.05) is 41.3 Å². The zero-order valence-corrected chi connectivity index (χ0v) is 17.2. The number of hydrogen-bond donors (Lipinski definition) is 0. The molecule has 0 radical (unpaired) electrons. The minimum Gasteiger partial charge on any atom is -0.367 e. The molecule has 0 saturated carbocycles. The number of hydroxylamine groups is 4. The van der Waals surface area contributed by atoms with Gasteiger partial charge in [0.15, 0.2) is 0 Å². The Kier molecular flexibility index (Phi) is 24.3. The minimum atomic E-state index is -0.371. The Morgan fingerprint density at radius 2 is 1.46 bits per heavy atom.